The molecule has 0 saturated carbocycles. The van der Waals surface area contributed by atoms with E-state index in [9.17, 15) is 14.4 Å². The van der Waals surface area contributed by atoms with E-state index in [2.05, 4.69) is 17.4 Å². The topological polar surface area (TPSA) is 69.7 Å². The van der Waals surface area contributed by atoms with Crippen LogP contribution in [0.15, 0.2) is 89.6 Å². The van der Waals surface area contributed by atoms with Gasteiger partial charge in [-0.2, -0.15) is 0 Å². The Kier molecular flexibility index (Phi) is 6.38. The molecular weight excluding hydrogens is 462 g/mol. The molecule has 2 aliphatic rings. The van der Waals surface area contributed by atoms with Gasteiger partial charge in [0.1, 0.15) is 10.7 Å². The third-order valence-corrected chi connectivity index (χ3v) is 6.75. The van der Waals surface area contributed by atoms with Gasteiger partial charge in [0.05, 0.1) is 0 Å². The summed E-state index contributed by atoms with van der Waals surface area (Å²) in [5.41, 5.74) is 4.68. The van der Waals surface area contributed by atoms with Crippen LogP contribution in [0.3, 0.4) is 0 Å². The lowest BCUT2D eigenvalue weighted by molar-refractivity contribution is -0.137. The van der Waals surface area contributed by atoms with Crippen LogP contribution in [0, 0.1) is 0 Å². The number of imide groups is 1. The van der Waals surface area contributed by atoms with E-state index in [1.54, 1.807) is 24.3 Å². The highest BCUT2D eigenvalue weighted by molar-refractivity contribution is 6.48. The molecule has 1 N–H and O–H groups in total. The van der Waals surface area contributed by atoms with Crippen molar-refractivity contribution in [3.8, 4) is 0 Å². The molecule has 0 unspecified atom stereocenters. The maximum absolute atomic E-state index is 13.0. The first-order valence-corrected chi connectivity index (χ1v) is 11.9. The zero-order valence-electron chi connectivity index (χ0n) is 19.0. The van der Waals surface area contributed by atoms with Crippen LogP contribution >= 0.6 is 11.6 Å². The van der Waals surface area contributed by atoms with Crippen molar-refractivity contribution in [3.05, 3.63) is 112 Å². The average Bonchev–Trinajstić information content (AvgIpc) is 3.10. The molecule has 3 amide bonds. The van der Waals surface area contributed by atoms with Crippen molar-refractivity contribution in [1.82, 2.24) is 9.80 Å². The Morgan fingerprint density at radius 1 is 0.857 bits per heavy atom. The number of carbonyl (C=O) groups excluding carboxylic acids is 3. The maximum Gasteiger partial charge on any atom is 0.278 e. The number of rotatable bonds is 6. The molecule has 2 heterocycles. The number of hydrogen-bond acceptors (Lipinski definition) is 4. The van der Waals surface area contributed by atoms with Crippen molar-refractivity contribution in [3.63, 3.8) is 0 Å². The SMILES string of the molecule is O=C(c1ccc(NC2=C(Cl)C(=O)N(CCc3ccccc3)C2=O)cc1)N1CCc2ccccc2C1. The number of nitrogens with zero attached hydrogens (tertiary/aromatic N) is 2. The molecule has 35 heavy (non-hydrogen) atoms. The number of fused-ring (bicyclic) bond motifs is 1. The van der Waals surface area contributed by atoms with Gasteiger partial charge in [-0.3, -0.25) is 19.3 Å². The normalized spacial score (nSPS) is 15.5. The fourth-order valence-electron chi connectivity index (χ4n) is 4.44. The second-order valence-corrected chi connectivity index (χ2v) is 9.01. The Morgan fingerprint density at radius 3 is 2.29 bits per heavy atom. The van der Waals surface area contributed by atoms with Crippen molar-refractivity contribution in [2.24, 2.45) is 0 Å². The van der Waals surface area contributed by atoms with Gasteiger partial charge in [-0.05, 0) is 53.8 Å². The molecule has 0 aliphatic carbocycles. The quantitative estimate of drug-likeness (QED) is 0.527. The number of anilines is 1. The minimum atomic E-state index is -0.507. The summed E-state index contributed by atoms with van der Waals surface area (Å²) in [6, 6.07) is 24.7. The Labute approximate surface area is 208 Å². The number of benzene rings is 3. The zero-order valence-corrected chi connectivity index (χ0v) is 19.8. The average molecular weight is 486 g/mol. The van der Waals surface area contributed by atoms with Gasteiger partial charge in [0.15, 0.2) is 0 Å². The van der Waals surface area contributed by atoms with Gasteiger partial charge in [0, 0.05) is 30.9 Å². The summed E-state index contributed by atoms with van der Waals surface area (Å²) in [6.45, 7) is 1.51. The Balaban J connectivity index is 1.23. The highest BCUT2D eigenvalue weighted by Crippen LogP contribution is 2.27. The van der Waals surface area contributed by atoms with Gasteiger partial charge in [0.2, 0.25) is 0 Å². The van der Waals surface area contributed by atoms with E-state index in [0.29, 0.717) is 30.8 Å². The summed E-state index contributed by atoms with van der Waals surface area (Å²) in [5, 5.41) is 2.84. The van der Waals surface area contributed by atoms with Crippen LogP contribution < -0.4 is 5.32 Å². The molecule has 2 aliphatic heterocycles. The second-order valence-electron chi connectivity index (χ2n) is 8.63. The molecule has 0 fully saturated rings. The minimum absolute atomic E-state index is 0.0393. The van der Waals surface area contributed by atoms with Crippen LogP contribution in [0.4, 0.5) is 5.69 Å². The number of amides is 3. The van der Waals surface area contributed by atoms with E-state index in [-0.39, 0.29) is 23.2 Å². The summed E-state index contributed by atoms with van der Waals surface area (Å²) < 4.78 is 0. The predicted molar refractivity (Wildman–Crippen MR) is 135 cm³/mol. The molecule has 176 valence electrons. The summed E-state index contributed by atoms with van der Waals surface area (Å²) >= 11 is 6.22. The summed E-state index contributed by atoms with van der Waals surface area (Å²) in [4.78, 5) is 41.5. The van der Waals surface area contributed by atoms with Crippen LogP contribution in [0.25, 0.3) is 0 Å². The Bertz CT molecular complexity index is 1320. The molecule has 0 spiro atoms. The zero-order chi connectivity index (χ0) is 24.4. The van der Waals surface area contributed by atoms with E-state index < -0.39 is 11.8 Å². The van der Waals surface area contributed by atoms with Gasteiger partial charge in [-0.1, -0.05) is 66.2 Å². The molecule has 0 bridgehead atoms. The lowest BCUT2D eigenvalue weighted by Crippen LogP contribution is -2.35. The van der Waals surface area contributed by atoms with Gasteiger partial charge < -0.3 is 10.2 Å². The Hall–Kier alpha value is -3.90. The van der Waals surface area contributed by atoms with Crippen LogP contribution in [0.1, 0.15) is 27.0 Å². The molecule has 0 saturated heterocycles. The van der Waals surface area contributed by atoms with Crippen molar-refractivity contribution < 1.29 is 14.4 Å². The van der Waals surface area contributed by atoms with E-state index in [0.717, 1.165) is 16.9 Å². The highest BCUT2D eigenvalue weighted by Gasteiger charge is 2.37. The lowest BCUT2D eigenvalue weighted by Gasteiger charge is -2.29. The van der Waals surface area contributed by atoms with Gasteiger partial charge in [0.25, 0.3) is 17.7 Å². The smallest absolute Gasteiger partial charge is 0.278 e. The summed E-state index contributed by atoms with van der Waals surface area (Å²) in [7, 11) is 0. The van der Waals surface area contributed by atoms with Crippen molar-refractivity contribution in [2.45, 2.75) is 19.4 Å². The molecule has 0 atom stereocenters. The number of halogens is 1. The molecular formula is C28H24ClN3O3. The highest BCUT2D eigenvalue weighted by atomic mass is 35.5. The van der Waals surface area contributed by atoms with Crippen LogP contribution in [-0.4, -0.2) is 40.6 Å². The number of nitrogens with one attached hydrogen (secondary N) is 1. The number of carbonyl (C=O) groups is 3. The molecule has 0 radical (unpaired) electrons. The standard InChI is InChI=1S/C28H24ClN3O3/c29-24-25(28(35)32(27(24)34)17-14-19-6-2-1-3-7-19)30-23-12-10-21(11-13-23)26(33)31-16-15-20-8-4-5-9-22(20)18-31/h1-13,30H,14-18H2. The first-order chi connectivity index (χ1) is 17.0. The first kappa shape index (κ1) is 22.9. The van der Waals surface area contributed by atoms with E-state index in [1.807, 2.05) is 47.4 Å². The van der Waals surface area contributed by atoms with E-state index in [4.69, 9.17) is 11.6 Å². The van der Waals surface area contributed by atoms with Crippen LogP contribution in [-0.2, 0) is 29.0 Å². The van der Waals surface area contributed by atoms with Crippen molar-refractivity contribution >= 4 is 35.0 Å². The largest absolute Gasteiger partial charge is 0.350 e. The van der Waals surface area contributed by atoms with E-state index in [1.165, 1.54) is 11.1 Å². The molecule has 3 aromatic rings. The molecule has 6 nitrogen and oxygen atoms in total. The van der Waals surface area contributed by atoms with E-state index >= 15 is 0 Å². The first-order valence-electron chi connectivity index (χ1n) is 11.5. The molecule has 7 heteroatoms. The van der Waals surface area contributed by atoms with Gasteiger partial charge >= 0.3 is 0 Å². The van der Waals surface area contributed by atoms with Gasteiger partial charge in [-0.25, -0.2) is 0 Å². The fraction of sp³-hybridized carbons (Fsp3) is 0.179. The maximum atomic E-state index is 13.0. The van der Waals surface area contributed by atoms with Crippen molar-refractivity contribution in [1.29, 1.82) is 0 Å². The molecule has 3 aromatic carbocycles. The summed E-state index contributed by atoms with van der Waals surface area (Å²) in [5.74, 6) is -1.00. The predicted octanol–water partition coefficient (Wildman–Crippen LogP) is 4.36. The third kappa shape index (κ3) is 4.70. The lowest BCUT2D eigenvalue weighted by atomic mass is 9.99. The molecule has 0 aromatic heterocycles. The minimum Gasteiger partial charge on any atom is -0.350 e. The fourth-order valence-corrected chi connectivity index (χ4v) is 4.67. The monoisotopic (exact) mass is 485 g/mol. The summed E-state index contributed by atoms with van der Waals surface area (Å²) in [6.07, 6.45) is 1.39. The van der Waals surface area contributed by atoms with Crippen LogP contribution in [0.5, 0.6) is 0 Å². The molecule has 5 rings (SSSR count). The third-order valence-electron chi connectivity index (χ3n) is 6.40. The van der Waals surface area contributed by atoms with Gasteiger partial charge in [-0.15, -0.1) is 0 Å². The Morgan fingerprint density at radius 2 is 1.54 bits per heavy atom. The number of hydrogen-bond donors (Lipinski definition) is 1. The second kappa shape index (κ2) is 9.76. The van der Waals surface area contributed by atoms with Crippen LogP contribution in [0.2, 0.25) is 0 Å². The van der Waals surface area contributed by atoms with Crippen molar-refractivity contribution in [2.75, 3.05) is 18.4 Å².